The van der Waals surface area contributed by atoms with Crippen molar-refractivity contribution in [1.29, 1.82) is 0 Å². The number of aryl methyl sites for hydroxylation is 2. The molecule has 0 spiro atoms. The van der Waals surface area contributed by atoms with E-state index in [4.69, 9.17) is 17.3 Å². The number of hydrogen-bond donors (Lipinski definition) is 3. The molecule has 1 heterocycles. The highest BCUT2D eigenvalue weighted by Gasteiger charge is 2.16. The molecule has 0 fully saturated rings. The Bertz CT molecular complexity index is 1030. The minimum absolute atomic E-state index is 0.0347. The Labute approximate surface area is 166 Å². The predicted molar refractivity (Wildman–Crippen MR) is 106 cm³/mol. The monoisotopic (exact) mass is 402 g/mol. The number of aromatic nitrogens is 1. The van der Waals surface area contributed by atoms with Gasteiger partial charge in [0.15, 0.2) is 6.29 Å². The van der Waals surface area contributed by atoms with E-state index < -0.39 is 18.0 Å². The van der Waals surface area contributed by atoms with Gasteiger partial charge in [0.25, 0.3) is 0 Å². The van der Waals surface area contributed by atoms with E-state index in [0.29, 0.717) is 23.2 Å². The molecule has 0 atom stereocenters. The number of nitrogens with two attached hydrogens (primary N) is 1. The topological polar surface area (TPSA) is 88.5 Å². The fourth-order valence-corrected chi connectivity index (χ4v) is 3.29. The molecule has 3 aromatic rings. The number of rotatable bonds is 6. The molecule has 3 rings (SSSR count). The first-order valence-corrected chi connectivity index (χ1v) is 9.08. The van der Waals surface area contributed by atoms with Crippen LogP contribution in [0.1, 0.15) is 28.0 Å². The third kappa shape index (κ3) is 4.09. The zero-order valence-corrected chi connectivity index (χ0v) is 15.9. The zero-order chi connectivity index (χ0) is 20.4. The summed E-state index contributed by atoms with van der Waals surface area (Å²) in [5.74, 6) is -1.05. The van der Waals surface area contributed by atoms with Crippen molar-refractivity contribution in [2.45, 2.75) is 26.1 Å². The van der Waals surface area contributed by atoms with Crippen LogP contribution in [0.15, 0.2) is 48.5 Å². The average molecular weight is 403 g/mol. The second-order valence-electron chi connectivity index (χ2n) is 6.56. The van der Waals surface area contributed by atoms with Crippen molar-refractivity contribution in [3.8, 4) is 16.9 Å². The van der Waals surface area contributed by atoms with Crippen LogP contribution >= 0.6 is 11.6 Å². The van der Waals surface area contributed by atoms with Crippen molar-refractivity contribution >= 4 is 17.5 Å². The Morgan fingerprint density at radius 2 is 1.93 bits per heavy atom. The number of primary amides is 1. The Morgan fingerprint density at radius 3 is 2.54 bits per heavy atom. The second kappa shape index (κ2) is 8.14. The van der Waals surface area contributed by atoms with Crippen LogP contribution in [0.3, 0.4) is 0 Å². The average Bonchev–Trinajstić information content (AvgIpc) is 3.05. The molecular weight excluding hydrogens is 383 g/mol. The maximum absolute atomic E-state index is 14.0. The van der Waals surface area contributed by atoms with Crippen LogP contribution in [0.4, 0.5) is 4.39 Å². The van der Waals surface area contributed by atoms with E-state index in [1.807, 2.05) is 23.6 Å². The molecule has 5 nitrogen and oxygen atoms in total. The van der Waals surface area contributed by atoms with Crippen molar-refractivity contribution in [3.05, 3.63) is 76.2 Å². The second-order valence-corrected chi connectivity index (χ2v) is 6.97. The number of halogens is 2. The number of hydrogen-bond acceptors (Lipinski definition) is 3. The smallest absolute Gasteiger partial charge is 0.248 e. The van der Waals surface area contributed by atoms with E-state index in [-0.39, 0.29) is 11.4 Å². The van der Waals surface area contributed by atoms with Gasteiger partial charge in [0.1, 0.15) is 5.82 Å². The molecule has 0 bridgehead atoms. The third-order valence-electron chi connectivity index (χ3n) is 4.56. The van der Waals surface area contributed by atoms with Gasteiger partial charge < -0.3 is 20.5 Å². The van der Waals surface area contributed by atoms with Crippen LogP contribution in [0.2, 0.25) is 5.02 Å². The number of aliphatic hydroxyl groups excluding tert-OH is 1. The van der Waals surface area contributed by atoms with Crippen LogP contribution in [0.5, 0.6) is 0 Å². The molecule has 7 heteroatoms. The molecule has 28 heavy (non-hydrogen) atoms. The van der Waals surface area contributed by atoms with E-state index in [0.717, 1.165) is 16.9 Å². The number of benzene rings is 2. The van der Waals surface area contributed by atoms with E-state index in [2.05, 4.69) is 0 Å². The van der Waals surface area contributed by atoms with Gasteiger partial charge in [-0.1, -0.05) is 17.7 Å². The quantitative estimate of drug-likeness (QED) is 0.550. The lowest BCUT2D eigenvalue weighted by Gasteiger charge is -2.17. The molecule has 0 saturated carbocycles. The van der Waals surface area contributed by atoms with Crippen molar-refractivity contribution in [1.82, 2.24) is 4.57 Å². The highest BCUT2D eigenvalue weighted by atomic mass is 35.5. The summed E-state index contributed by atoms with van der Waals surface area (Å²) in [5.41, 5.74) is 9.48. The molecule has 0 aliphatic carbocycles. The maximum Gasteiger partial charge on any atom is 0.248 e. The summed E-state index contributed by atoms with van der Waals surface area (Å²) in [7, 11) is 0. The summed E-state index contributed by atoms with van der Waals surface area (Å²) in [6, 6.07) is 13.3. The highest BCUT2D eigenvalue weighted by Crippen LogP contribution is 2.31. The first-order valence-electron chi connectivity index (χ1n) is 8.71. The molecular formula is C21H20ClFN2O3. The van der Waals surface area contributed by atoms with E-state index in [9.17, 15) is 19.4 Å². The van der Waals surface area contributed by atoms with Gasteiger partial charge in [-0.05, 0) is 61.4 Å². The molecule has 0 radical (unpaired) electrons. The highest BCUT2D eigenvalue weighted by molar-refractivity contribution is 6.30. The van der Waals surface area contributed by atoms with Gasteiger partial charge in [0, 0.05) is 28.9 Å². The molecule has 0 aliphatic heterocycles. The Morgan fingerprint density at radius 1 is 1.18 bits per heavy atom. The lowest BCUT2D eigenvalue weighted by Crippen LogP contribution is -2.13. The maximum atomic E-state index is 14.0. The molecule has 0 aliphatic rings. The fourth-order valence-electron chi connectivity index (χ4n) is 3.18. The SMILES string of the molecule is Cc1cc(C(N)=O)ccc1-n1c(CCC(O)O)ccc1-c1ccc(Cl)c(F)c1. The summed E-state index contributed by atoms with van der Waals surface area (Å²) in [5, 5.41) is 18.5. The minimum atomic E-state index is -1.43. The minimum Gasteiger partial charge on any atom is -0.368 e. The van der Waals surface area contributed by atoms with E-state index >= 15 is 0 Å². The van der Waals surface area contributed by atoms with Crippen molar-refractivity contribution in [2.24, 2.45) is 5.73 Å². The summed E-state index contributed by atoms with van der Waals surface area (Å²) in [6.45, 7) is 1.85. The molecule has 4 N–H and O–H groups in total. The van der Waals surface area contributed by atoms with Crippen molar-refractivity contribution < 1.29 is 19.4 Å². The largest absolute Gasteiger partial charge is 0.368 e. The predicted octanol–water partition coefficient (Wildman–Crippen LogP) is 3.59. The van der Waals surface area contributed by atoms with Gasteiger partial charge in [0.2, 0.25) is 5.91 Å². The number of amides is 1. The number of nitrogens with zero attached hydrogens (tertiary/aromatic N) is 1. The summed E-state index contributed by atoms with van der Waals surface area (Å²) < 4.78 is 15.9. The summed E-state index contributed by atoms with van der Waals surface area (Å²) >= 11 is 5.81. The van der Waals surface area contributed by atoms with Gasteiger partial charge >= 0.3 is 0 Å². The van der Waals surface area contributed by atoms with Crippen LogP contribution in [-0.2, 0) is 6.42 Å². The lowest BCUT2D eigenvalue weighted by atomic mass is 10.1. The van der Waals surface area contributed by atoms with Crippen LogP contribution < -0.4 is 5.73 Å². The first-order chi connectivity index (χ1) is 13.3. The summed E-state index contributed by atoms with van der Waals surface area (Å²) in [6.07, 6.45) is -0.889. The number of carbonyl (C=O) groups excluding carboxylic acids is 1. The number of aliphatic hydroxyl groups is 2. The van der Waals surface area contributed by atoms with Gasteiger partial charge in [-0.25, -0.2) is 4.39 Å². The molecule has 1 aromatic heterocycles. The standard InChI is InChI=1S/C21H20ClFN2O3/c1-12-10-14(21(24)28)3-7-18(12)25-15(5-9-20(26)27)4-8-19(25)13-2-6-16(22)17(23)11-13/h2-4,6-8,10-11,20,26-27H,5,9H2,1H3,(H2,24,28). The lowest BCUT2D eigenvalue weighted by molar-refractivity contribution is -0.0449. The Balaban J connectivity index is 2.17. The van der Waals surface area contributed by atoms with Crippen LogP contribution in [0.25, 0.3) is 16.9 Å². The van der Waals surface area contributed by atoms with Crippen LogP contribution in [0, 0.1) is 12.7 Å². The zero-order valence-electron chi connectivity index (χ0n) is 15.2. The van der Waals surface area contributed by atoms with E-state index in [1.165, 1.54) is 12.1 Å². The Kier molecular flexibility index (Phi) is 5.84. The summed E-state index contributed by atoms with van der Waals surface area (Å²) in [4.78, 5) is 11.5. The molecule has 1 amide bonds. The van der Waals surface area contributed by atoms with Gasteiger partial charge in [-0.15, -0.1) is 0 Å². The van der Waals surface area contributed by atoms with Gasteiger partial charge in [0.05, 0.1) is 10.7 Å². The number of carbonyl (C=O) groups is 1. The molecule has 2 aromatic carbocycles. The Hall–Kier alpha value is -2.67. The molecule has 146 valence electrons. The molecule has 0 saturated heterocycles. The van der Waals surface area contributed by atoms with Crippen molar-refractivity contribution in [2.75, 3.05) is 0 Å². The van der Waals surface area contributed by atoms with E-state index in [1.54, 1.807) is 24.3 Å². The van der Waals surface area contributed by atoms with Gasteiger partial charge in [-0.2, -0.15) is 0 Å². The molecule has 0 unspecified atom stereocenters. The third-order valence-corrected chi connectivity index (χ3v) is 4.86. The normalized spacial score (nSPS) is 11.2. The first kappa shape index (κ1) is 20.1. The fraction of sp³-hybridized carbons (Fsp3) is 0.190. The van der Waals surface area contributed by atoms with Crippen LogP contribution in [-0.4, -0.2) is 27.0 Å². The van der Waals surface area contributed by atoms with Crippen molar-refractivity contribution in [3.63, 3.8) is 0 Å². The van der Waals surface area contributed by atoms with Gasteiger partial charge in [-0.3, -0.25) is 4.79 Å².